The van der Waals surface area contributed by atoms with Gasteiger partial charge in [0, 0.05) is 6.42 Å². The van der Waals surface area contributed by atoms with Crippen LogP contribution in [0.25, 0.3) is 0 Å². The van der Waals surface area contributed by atoms with Crippen molar-refractivity contribution < 1.29 is 42.4 Å². The number of likely N-dealkylation sites (N-methyl/N-ethyl adjacent to an activating group) is 1. The van der Waals surface area contributed by atoms with Crippen molar-refractivity contribution in [3.8, 4) is 0 Å². The standard InChI is InChI=1S/C46H80NO8P/c1-6-8-9-10-11-12-13-14-15-18-21-24-27-30-33-36-40-52-45(43-55-56(50,51)54-41-39-47(3,4)5)42-53-46(49)38-35-32-29-26-23-20-17-16-19-22-25-28-31-34-37-44(48)7-2/h12-13,17,19-20,22,26,28-29,31,34,36-37,40,44-45,48H,6-11,14-16,18,21,23-25,27,30,32-33,35,38-39,41-43H2,1-5H3/b13-12-,20-17-,22-19-,29-26-,31-28-,37-34+,40-36+/t44-,45+/m0/s1. The minimum absolute atomic E-state index is 0.00666. The molecule has 1 N–H and O–H groups in total. The molecule has 10 heteroatoms. The molecule has 3 atom stereocenters. The quantitative estimate of drug-likeness (QED) is 0.0125. The van der Waals surface area contributed by atoms with E-state index in [-0.39, 0.29) is 38.3 Å². The van der Waals surface area contributed by atoms with E-state index >= 15 is 0 Å². The zero-order valence-corrected chi connectivity index (χ0v) is 36.8. The van der Waals surface area contributed by atoms with Crippen LogP contribution in [0.4, 0.5) is 0 Å². The molecule has 56 heavy (non-hydrogen) atoms. The van der Waals surface area contributed by atoms with E-state index in [1.807, 2.05) is 46.3 Å². The van der Waals surface area contributed by atoms with Gasteiger partial charge in [-0.15, -0.1) is 0 Å². The lowest BCUT2D eigenvalue weighted by Crippen LogP contribution is -2.37. The number of quaternary nitrogens is 1. The molecule has 0 aromatic carbocycles. The Morgan fingerprint density at radius 3 is 1.82 bits per heavy atom. The van der Waals surface area contributed by atoms with Crippen molar-refractivity contribution in [2.24, 2.45) is 0 Å². The summed E-state index contributed by atoms with van der Waals surface area (Å²) in [4.78, 5) is 24.8. The van der Waals surface area contributed by atoms with Crippen LogP contribution in [0.5, 0.6) is 0 Å². The molecule has 1 unspecified atom stereocenters. The molecule has 0 fully saturated rings. The van der Waals surface area contributed by atoms with Crippen LogP contribution in [0, 0.1) is 0 Å². The summed E-state index contributed by atoms with van der Waals surface area (Å²) in [5.41, 5.74) is 0. The Kier molecular flexibility index (Phi) is 36.3. The van der Waals surface area contributed by atoms with Crippen LogP contribution < -0.4 is 4.89 Å². The summed E-state index contributed by atoms with van der Waals surface area (Å²) >= 11 is 0. The molecule has 0 bridgehead atoms. The average molecular weight is 806 g/mol. The number of ether oxygens (including phenoxy) is 2. The minimum atomic E-state index is -4.54. The third-order valence-corrected chi connectivity index (χ3v) is 9.64. The summed E-state index contributed by atoms with van der Waals surface area (Å²) < 4.78 is 34.2. The molecule has 0 saturated heterocycles. The Labute approximate surface area is 342 Å². The van der Waals surface area contributed by atoms with Crippen LogP contribution in [0.1, 0.15) is 142 Å². The fourth-order valence-electron chi connectivity index (χ4n) is 5.10. The molecular weight excluding hydrogens is 725 g/mol. The van der Waals surface area contributed by atoms with Gasteiger partial charge in [-0.2, -0.15) is 0 Å². The number of rotatable bonds is 38. The van der Waals surface area contributed by atoms with E-state index < -0.39 is 13.9 Å². The molecule has 0 rings (SSSR count). The third kappa shape index (κ3) is 41.1. The monoisotopic (exact) mass is 806 g/mol. The summed E-state index contributed by atoms with van der Waals surface area (Å²) in [6.07, 6.45) is 47.9. The first-order valence-corrected chi connectivity index (χ1v) is 22.9. The maximum Gasteiger partial charge on any atom is 0.305 e. The van der Waals surface area contributed by atoms with E-state index in [4.69, 9.17) is 18.5 Å². The van der Waals surface area contributed by atoms with Gasteiger partial charge in [-0.05, 0) is 83.1 Å². The lowest BCUT2D eigenvalue weighted by Gasteiger charge is -2.28. The van der Waals surface area contributed by atoms with E-state index in [9.17, 15) is 19.4 Å². The highest BCUT2D eigenvalue weighted by atomic mass is 31.2. The molecule has 0 radical (unpaired) electrons. The Morgan fingerprint density at radius 2 is 1.21 bits per heavy atom. The molecule has 0 aromatic rings. The molecule has 0 amide bonds. The average Bonchev–Trinajstić information content (AvgIpc) is 3.15. The second-order valence-electron chi connectivity index (χ2n) is 15.2. The van der Waals surface area contributed by atoms with Gasteiger partial charge < -0.3 is 33.0 Å². The van der Waals surface area contributed by atoms with Gasteiger partial charge in [0.25, 0.3) is 7.82 Å². The number of phosphoric acid groups is 1. The number of unbranched alkanes of at least 4 members (excludes halogenated alkanes) is 12. The predicted octanol–water partition coefficient (Wildman–Crippen LogP) is 11.2. The number of carbonyl (C=O) groups excluding carboxylic acids is 1. The van der Waals surface area contributed by atoms with Crippen LogP contribution in [0.2, 0.25) is 0 Å². The second kappa shape index (κ2) is 38.0. The van der Waals surface area contributed by atoms with Gasteiger partial charge in [-0.3, -0.25) is 9.36 Å². The summed E-state index contributed by atoms with van der Waals surface area (Å²) in [6.45, 7) is 4.26. The normalized spacial score (nSPS) is 15.1. The first kappa shape index (κ1) is 53.5. The largest absolute Gasteiger partial charge is 0.756 e. The number of aliphatic hydroxyl groups is 1. The molecule has 0 saturated carbocycles. The van der Waals surface area contributed by atoms with E-state index in [2.05, 4.69) is 61.6 Å². The molecule has 0 spiro atoms. The van der Waals surface area contributed by atoms with Crippen LogP contribution in [0.15, 0.2) is 85.3 Å². The van der Waals surface area contributed by atoms with Gasteiger partial charge in [0.05, 0.1) is 40.1 Å². The third-order valence-electron chi connectivity index (χ3n) is 8.68. The fraction of sp³-hybridized carbons (Fsp3) is 0.674. The fourth-order valence-corrected chi connectivity index (χ4v) is 5.83. The van der Waals surface area contributed by atoms with Gasteiger partial charge in [0.2, 0.25) is 0 Å². The predicted molar refractivity (Wildman–Crippen MR) is 232 cm³/mol. The molecular formula is C46H80NO8P. The number of phosphoric ester groups is 1. The number of allylic oxidation sites excluding steroid dienone is 12. The van der Waals surface area contributed by atoms with Crippen molar-refractivity contribution in [1.29, 1.82) is 0 Å². The second-order valence-corrected chi connectivity index (χ2v) is 16.6. The highest BCUT2D eigenvalue weighted by Crippen LogP contribution is 2.38. The van der Waals surface area contributed by atoms with E-state index in [1.54, 1.807) is 12.3 Å². The lowest BCUT2D eigenvalue weighted by molar-refractivity contribution is -0.870. The molecule has 0 aromatic heterocycles. The maximum absolute atomic E-state index is 12.4. The zero-order valence-electron chi connectivity index (χ0n) is 35.9. The SMILES string of the molecule is CCCCCC/C=C\CCCCCCCC/C=C/O[C@H](COC(=O)CCC/C=C\C/C=C\C/C=C\C/C=C\C=C\[C@@H](O)CC)COP(=O)([O-])OCC[N+](C)(C)C. The lowest BCUT2D eigenvalue weighted by atomic mass is 10.1. The number of hydrogen-bond acceptors (Lipinski definition) is 8. The van der Waals surface area contributed by atoms with Crippen molar-refractivity contribution in [1.82, 2.24) is 0 Å². The summed E-state index contributed by atoms with van der Waals surface area (Å²) in [7, 11) is 1.29. The maximum atomic E-state index is 12.4. The number of hydrogen-bond donors (Lipinski definition) is 1. The van der Waals surface area contributed by atoms with Crippen molar-refractivity contribution in [3.05, 3.63) is 85.3 Å². The highest BCUT2D eigenvalue weighted by Gasteiger charge is 2.19. The Bertz CT molecular complexity index is 1180. The molecule has 0 aliphatic rings. The van der Waals surface area contributed by atoms with E-state index in [0.717, 1.165) is 51.4 Å². The van der Waals surface area contributed by atoms with Crippen molar-refractivity contribution in [2.75, 3.05) is 47.5 Å². The van der Waals surface area contributed by atoms with Crippen molar-refractivity contribution in [2.45, 2.75) is 154 Å². The number of carbonyl (C=O) groups is 1. The summed E-state index contributed by atoms with van der Waals surface area (Å²) in [5.74, 6) is -0.366. The van der Waals surface area contributed by atoms with Crippen LogP contribution in [-0.4, -0.2) is 75.3 Å². The minimum Gasteiger partial charge on any atom is -0.756 e. The number of nitrogens with zero attached hydrogens (tertiary/aromatic N) is 1. The van der Waals surface area contributed by atoms with Gasteiger partial charge in [-0.1, -0.05) is 132 Å². The van der Waals surface area contributed by atoms with Crippen LogP contribution >= 0.6 is 7.82 Å². The molecule has 322 valence electrons. The van der Waals surface area contributed by atoms with Gasteiger partial charge in [0.15, 0.2) is 6.10 Å². The summed E-state index contributed by atoms with van der Waals surface area (Å²) in [5, 5.41) is 9.48. The van der Waals surface area contributed by atoms with E-state index in [1.165, 1.54) is 64.2 Å². The van der Waals surface area contributed by atoms with Crippen molar-refractivity contribution in [3.63, 3.8) is 0 Å². The molecule has 0 aliphatic heterocycles. The van der Waals surface area contributed by atoms with Gasteiger partial charge in [-0.25, -0.2) is 0 Å². The Morgan fingerprint density at radius 1 is 0.679 bits per heavy atom. The van der Waals surface area contributed by atoms with Crippen LogP contribution in [0.3, 0.4) is 0 Å². The van der Waals surface area contributed by atoms with Gasteiger partial charge >= 0.3 is 5.97 Å². The first-order valence-electron chi connectivity index (χ1n) is 21.5. The van der Waals surface area contributed by atoms with Gasteiger partial charge in [0.1, 0.15) is 19.8 Å². The highest BCUT2D eigenvalue weighted by molar-refractivity contribution is 7.45. The van der Waals surface area contributed by atoms with Crippen molar-refractivity contribution >= 4 is 13.8 Å². The topological polar surface area (TPSA) is 114 Å². The number of aliphatic hydroxyl groups excluding tert-OH is 1. The zero-order chi connectivity index (χ0) is 41.4. The summed E-state index contributed by atoms with van der Waals surface area (Å²) in [6, 6.07) is 0. The molecule has 0 heterocycles. The number of esters is 1. The van der Waals surface area contributed by atoms with E-state index in [0.29, 0.717) is 17.4 Å². The smallest absolute Gasteiger partial charge is 0.305 e. The molecule has 0 aliphatic carbocycles. The van der Waals surface area contributed by atoms with Crippen LogP contribution in [-0.2, 0) is 27.9 Å². The Balaban J connectivity index is 4.44. The molecule has 9 nitrogen and oxygen atoms in total. The Hall–Kier alpha value is -2.52. The first-order chi connectivity index (χ1) is 27.0.